The molecule has 1 aromatic carbocycles. The Balaban J connectivity index is 1.37. The third kappa shape index (κ3) is 5.74. The molecule has 2 N–H and O–H groups in total. The van der Waals surface area contributed by atoms with Crippen molar-refractivity contribution in [2.24, 2.45) is 5.73 Å². The zero-order valence-electron chi connectivity index (χ0n) is 23.4. The standard InChI is InChI=1S/C33H44N6/c34-17-5-8-22-38(31-15-9-11-26-12-10-18-36-32(26)31)25-29-33-28(16-19-35-29)27-13-3-4-14-30(27)39(33)24-23-37-20-6-1-2-7-21-37/h3-4,10,12-14,16,18-19,31H,1-2,5-9,11,15,17,20-25,34H2/t31-/m0/s1. The summed E-state index contributed by atoms with van der Waals surface area (Å²) in [4.78, 5) is 15.3. The summed E-state index contributed by atoms with van der Waals surface area (Å²) in [6.45, 7) is 7.15. The second kappa shape index (κ2) is 12.6. The van der Waals surface area contributed by atoms with Crippen LogP contribution in [0.2, 0.25) is 0 Å². The van der Waals surface area contributed by atoms with E-state index in [2.05, 4.69) is 56.8 Å². The molecule has 0 unspecified atom stereocenters. The third-order valence-electron chi connectivity index (χ3n) is 8.95. The van der Waals surface area contributed by atoms with Gasteiger partial charge in [-0.3, -0.25) is 14.9 Å². The van der Waals surface area contributed by atoms with E-state index in [1.54, 1.807) is 0 Å². The first-order chi connectivity index (χ1) is 19.3. The fourth-order valence-electron chi connectivity index (χ4n) is 6.96. The number of hydrogen-bond donors (Lipinski definition) is 1. The molecule has 0 spiro atoms. The number of nitrogens with two attached hydrogens (primary N) is 1. The molecule has 1 aliphatic heterocycles. The van der Waals surface area contributed by atoms with Crippen LogP contribution >= 0.6 is 0 Å². The van der Waals surface area contributed by atoms with Crippen LogP contribution in [0.25, 0.3) is 21.8 Å². The van der Waals surface area contributed by atoms with Crippen LogP contribution < -0.4 is 5.73 Å². The van der Waals surface area contributed by atoms with Crippen molar-refractivity contribution in [3.05, 3.63) is 71.8 Å². The highest BCUT2D eigenvalue weighted by Crippen LogP contribution is 2.36. The molecule has 206 valence electrons. The first kappa shape index (κ1) is 26.4. The van der Waals surface area contributed by atoms with Crippen LogP contribution in [0.3, 0.4) is 0 Å². The zero-order valence-corrected chi connectivity index (χ0v) is 23.4. The number of benzene rings is 1. The zero-order chi connectivity index (χ0) is 26.4. The van der Waals surface area contributed by atoms with Gasteiger partial charge in [0.25, 0.3) is 0 Å². The van der Waals surface area contributed by atoms with Gasteiger partial charge in [0, 0.05) is 48.3 Å². The summed E-state index contributed by atoms with van der Waals surface area (Å²) in [6, 6.07) is 15.8. The van der Waals surface area contributed by atoms with Crippen molar-refractivity contribution in [3.63, 3.8) is 0 Å². The molecule has 6 nitrogen and oxygen atoms in total. The maximum absolute atomic E-state index is 5.91. The molecule has 1 saturated heterocycles. The number of fused-ring (bicyclic) bond motifs is 4. The minimum Gasteiger partial charge on any atom is -0.338 e. The van der Waals surface area contributed by atoms with Gasteiger partial charge in [0.15, 0.2) is 0 Å². The first-order valence-electron chi connectivity index (χ1n) is 15.3. The fourth-order valence-corrected chi connectivity index (χ4v) is 6.96. The average molecular weight is 525 g/mol. The lowest BCUT2D eigenvalue weighted by Crippen LogP contribution is -2.33. The van der Waals surface area contributed by atoms with Gasteiger partial charge < -0.3 is 15.2 Å². The van der Waals surface area contributed by atoms with Gasteiger partial charge in [-0.2, -0.15) is 0 Å². The summed E-state index contributed by atoms with van der Waals surface area (Å²) in [5, 5.41) is 2.67. The topological polar surface area (TPSA) is 63.2 Å². The van der Waals surface area contributed by atoms with Crippen molar-refractivity contribution in [1.29, 1.82) is 0 Å². The summed E-state index contributed by atoms with van der Waals surface area (Å²) < 4.78 is 2.57. The maximum atomic E-state index is 5.91. The minimum atomic E-state index is 0.333. The van der Waals surface area contributed by atoms with Crippen LogP contribution in [0.15, 0.2) is 54.9 Å². The van der Waals surface area contributed by atoms with Crippen molar-refractivity contribution in [3.8, 4) is 0 Å². The van der Waals surface area contributed by atoms with Crippen molar-refractivity contribution in [2.45, 2.75) is 76.9 Å². The Kier molecular flexibility index (Phi) is 8.53. The van der Waals surface area contributed by atoms with E-state index < -0.39 is 0 Å². The number of aromatic nitrogens is 3. The third-order valence-corrected chi connectivity index (χ3v) is 8.95. The largest absolute Gasteiger partial charge is 0.338 e. The van der Waals surface area contributed by atoms with Gasteiger partial charge in [0.1, 0.15) is 0 Å². The molecule has 39 heavy (non-hydrogen) atoms. The second-order valence-corrected chi connectivity index (χ2v) is 11.5. The number of rotatable bonds is 10. The van der Waals surface area contributed by atoms with Crippen molar-refractivity contribution < 1.29 is 0 Å². The quantitative estimate of drug-likeness (QED) is 0.255. The summed E-state index contributed by atoms with van der Waals surface area (Å²) in [7, 11) is 0. The predicted molar refractivity (Wildman–Crippen MR) is 161 cm³/mol. The number of likely N-dealkylation sites (tertiary alicyclic amines) is 1. The number of hydrogen-bond acceptors (Lipinski definition) is 5. The molecule has 2 aliphatic rings. The summed E-state index contributed by atoms with van der Waals surface area (Å²) in [5.74, 6) is 0. The maximum Gasteiger partial charge on any atom is 0.0787 e. The molecule has 4 heterocycles. The van der Waals surface area contributed by atoms with E-state index in [-0.39, 0.29) is 0 Å². The first-order valence-corrected chi connectivity index (χ1v) is 15.3. The number of pyridine rings is 2. The minimum absolute atomic E-state index is 0.333. The lowest BCUT2D eigenvalue weighted by atomic mass is 9.90. The molecule has 1 fully saturated rings. The van der Waals surface area contributed by atoms with Gasteiger partial charge in [-0.05, 0) is 94.9 Å². The number of para-hydroxylation sites is 1. The predicted octanol–water partition coefficient (Wildman–Crippen LogP) is 6.08. The smallest absolute Gasteiger partial charge is 0.0787 e. The van der Waals surface area contributed by atoms with Crippen molar-refractivity contribution in [1.82, 2.24) is 24.3 Å². The highest BCUT2D eigenvalue weighted by Gasteiger charge is 2.28. The van der Waals surface area contributed by atoms with Crippen LogP contribution in [-0.4, -0.2) is 57.1 Å². The van der Waals surface area contributed by atoms with Gasteiger partial charge in [0.05, 0.1) is 22.9 Å². The lowest BCUT2D eigenvalue weighted by Gasteiger charge is -2.35. The van der Waals surface area contributed by atoms with Crippen LogP contribution in [0, 0.1) is 0 Å². The van der Waals surface area contributed by atoms with E-state index in [1.165, 1.54) is 84.0 Å². The molecular weight excluding hydrogens is 480 g/mol. The molecule has 0 bridgehead atoms. The summed E-state index contributed by atoms with van der Waals surface area (Å²) in [5.41, 5.74) is 12.4. The average Bonchev–Trinajstić information content (AvgIpc) is 3.10. The molecule has 1 aliphatic carbocycles. The molecule has 0 radical (unpaired) electrons. The molecule has 0 saturated carbocycles. The Morgan fingerprint density at radius 3 is 2.59 bits per heavy atom. The van der Waals surface area contributed by atoms with Crippen molar-refractivity contribution >= 4 is 21.8 Å². The van der Waals surface area contributed by atoms with Gasteiger partial charge in [-0.25, -0.2) is 0 Å². The van der Waals surface area contributed by atoms with E-state index in [4.69, 9.17) is 15.7 Å². The number of nitrogens with zero attached hydrogens (tertiary/aromatic N) is 5. The Morgan fingerprint density at radius 1 is 0.846 bits per heavy atom. The molecular formula is C33H44N6. The van der Waals surface area contributed by atoms with Crippen LogP contribution in [-0.2, 0) is 19.5 Å². The van der Waals surface area contributed by atoms with Gasteiger partial charge >= 0.3 is 0 Å². The second-order valence-electron chi connectivity index (χ2n) is 11.5. The summed E-state index contributed by atoms with van der Waals surface area (Å²) in [6.07, 6.45) is 15.0. The Morgan fingerprint density at radius 2 is 1.72 bits per heavy atom. The molecule has 4 aromatic rings. The van der Waals surface area contributed by atoms with Gasteiger partial charge in [0.2, 0.25) is 0 Å². The molecule has 3 aromatic heterocycles. The lowest BCUT2D eigenvalue weighted by molar-refractivity contribution is 0.161. The van der Waals surface area contributed by atoms with Crippen LogP contribution in [0.4, 0.5) is 0 Å². The molecule has 0 amide bonds. The SMILES string of the molecule is NCCCCN(Cc1nccc2c3ccccc3n(CCN3CCCCCC3)c12)[C@H]1CCCc2cccnc21. The summed E-state index contributed by atoms with van der Waals surface area (Å²) >= 11 is 0. The van der Waals surface area contributed by atoms with E-state index in [9.17, 15) is 0 Å². The molecule has 6 heteroatoms. The Bertz CT molecular complexity index is 1370. The Hall–Kier alpha value is -2.80. The van der Waals surface area contributed by atoms with Crippen LogP contribution in [0.1, 0.15) is 74.4 Å². The van der Waals surface area contributed by atoms with Crippen LogP contribution in [0.5, 0.6) is 0 Å². The van der Waals surface area contributed by atoms with Gasteiger partial charge in [-0.1, -0.05) is 37.1 Å². The normalized spacial score (nSPS) is 18.6. The monoisotopic (exact) mass is 524 g/mol. The van der Waals surface area contributed by atoms with E-state index in [0.717, 1.165) is 58.4 Å². The molecule has 6 rings (SSSR count). The Labute approximate surface area is 233 Å². The van der Waals surface area contributed by atoms with E-state index in [1.807, 2.05) is 12.4 Å². The molecule has 1 atom stereocenters. The van der Waals surface area contributed by atoms with E-state index >= 15 is 0 Å². The highest BCUT2D eigenvalue weighted by molar-refractivity contribution is 6.08. The number of aryl methyl sites for hydroxylation is 1. The van der Waals surface area contributed by atoms with E-state index in [0.29, 0.717) is 6.04 Å². The number of unbranched alkanes of at least 4 members (excludes halogenated alkanes) is 1. The van der Waals surface area contributed by atoms with Crippen molar-refractivity contribution in [2.75, 3.05) is 32.7 Å². The highest BCUT2D eigenvalue weighted by atomic mass is 15.2. The fraction of sp³-hybridized carbons (Fsp3) is 0.515. The van der Waals surface area contributed by atoms with Gasteiger partial charge in [-0.15, -0.1) is 0 Å².